The molecule has 2 nitrogen and oxygen atoms in total. The Bertz CT molecular complexity index is 390. The normalized spacial score (nSPS) is 20.2. The van der Waals surface area contributed by atoms with Gasteiger partial charge in [-0.15, -0.1) is 0 Å². The Kier molecular flexibility index (Phi) is 7.05. The quantitative estimate of drug-likeness (QED) is 0.753. The second kappa shape index (κ2) is 8.81. The number of rotatable bonds is 8. The van der Waals surface area contributed by atoms with Crippen molar-refractivity contribution in [3.63, 3.8) is 0 Å². The first-order valence-electron chi connectivity index (χ1n) is 7.87. The van der Waals surface area contributed by atoms with Crippen LogP contribution in [-0.4, -0.2) is 25.8 Å². The molecule has 1 aliphatic rings. The SMILES string of the molecule is CCNCC(CCCC1CCCO1)c1cccc(Br)c1. The zero-order valence-corrected chi connectivity index (χ0v) is 14.0. The highest BCUT2D eigenvalue weighted by molar-refractivity contribution is 9.10. The highest BCUT2D eigenvalue weighted by atomic mass is 79.9. The molecule has 1 aromatic rings. The van der Waals surface area contributed by atoms with E-state index in [0.29, 0.717) is 12.0 Å². The second-order valence-electron chi connectivity index (χ2n) is 5.63. The van der Waals surface area contributed by atoms with E-state index < -0.39 is 0 Å². The third kappa shape index (κ3) is 5.19. The summed E-state index contributed by atoms with van der Waals surface area (Å²) in [4.78, 5) is 0. The molecule has 20 heavy (non-hydrogen) atoms. The van der Waals surface area contributed by atoms with Crippen LogP contribution in [-0.2, 0) is 4.74 Å². The summed E-state index contributed by atoms with van der Waals surface area (Å²) in [6.07, 6.45) is 6.75. The molecule has 112 valence electrons. The van der Waals surface area contributed by atoms with Crippen LogP contribution < -0.4 is 5.32 Å². The van der Waals surface area contributed by atoms with Crippen LogP contribution in [0.5, 0.6) is 0 Å². The zero-order valence-electron chi connectivity index (χ0n) is 12.4. The molecule has 0 aromatic heterocycles. The maximum absolute atomic E-state index is 5.72. The first-order valence-corrected chi connectivity index (χ1v) is 8.66. The van der Waals surface area contributed by atoms with Crippen LogP contribution in [0.25, 0.3) is 0 Å². The van der Waals surface area contributed by atoms with Crippen LogP contribution in [0.2, 0.25) is 0 Å². The molecular formula is C17H26BrNO. The van der Waals surface area contributed by atoms with E-state index in [9.17, 15) is 0 Å². The topological polar surface area (TPSA) is 21.3 Å². The largest absolute Gasteiger partial charge is 0.378 e. The molecule has 1 fully saturated rings. The molecule has 0 radical (unpaired) electrons. The molecule has 2 unspecified atom stereocenters. The van der Waals surface area contributed by atoms with Crippen molar-refractivity contribution in [2.45, 2.75) is 51.0 Å². The van der Waals surface area contributed by atoms with Crippen LogP contribution in [0.4, 0.5) is 0 Å². The molecule has 2 rings (SSSR count). The van der Waals surface area contributed by atoms with Gasteiger partial charge in [-0.05, 0) is 55.8 Å². The van der Waals surface area contributed by atoms with Gasteiger partial charge in [-0.3, -0.25) is 0 Å². The Balaban J connectivity index is 1.85. The Hall–Kier alpha value is -0.380. The Labute approximate surface area is 131 Å². The molecule has 0 saturated carbocycles. The molecule has 0 bridgehead atoms. The highest BCUT2D eigenvalue weighted by Crippen LogP contribution is 2.26. The van der Waals surface area contributed by atoms with Crippen LogP contribution in [0.3, 0.4) is 0 Å². The zero-order chi connectivity index (χ0) is 14.2. The lowest BCUT2D eigenvalue weighted by molar-refractivity contribution is 0.101. The van der Waals surface area contributed by atoms with Crippen LogP contribution in [0.15, 0.2) is 28.7 Å². The number of hydrogen-bond donors (Lipinski definition) is 1. The van der Waals surface area contributed by atoms with E-state index in [1.165, 1.54) is 42.1 Å². The summed E-state index contributed by atoms with van der Waals surface area (Å²) in [5.41, 5.74) is 1.44. The number of hydrogen-bond acceptors (Lipinski definition) is 2. The average Bonchev–Trinajstić information content (AvgIpc) is 2.96. The van der Waals surface area contributed by atoms with Gasteiger partial charge in [0.25, 0.3) is 0 Å². The summed E-state index contributed by atoms with van der Waals surface area (Å²) in [6.45, 7) is 5.25. The van der Waals surface area contributed by atoms with E-state index in [1.54, 1.807) is 0 Å². The lowest BCUT2D eigenvalue weighted by Crippen LogP contribution is -2.21. The van der Waals surface area contributed by atoms with E-state index in [1.807, 2.05) is 0 Å². The minimum Gasteiger partial charge on any atom is -0.378 e. The van der Waals surface area contributed by atoms with E-state index in [0.717, 1.165) is 19.7 Å². The predicted molar refractivity (Wildman–Crippen MR) is 88.3 cm³/mol. The van der Waals surface area contributed by atoms with Crippen LogP contribution >= 0.6 is 15.9 Å². The van der Waals surface area contributed by atoms with Crippen molar-refractivity contribution in [2.24, 2.45) is 0 Å². The second-order valence-corrected chi connectivity index (χ2v) is 6.54. The average molecular weight is 340 g/mol. The fourth-order valence-corrected chi connectivity index (χ4v) is 3.35. The Morgan fingerprint density at radius 3 is 3.05 bits per heavy atom. The summed E-state index contributed by atoms with van der Waals surface area (Å²) in [6, 6.07) is 8.74. The van der Waals surface area contributed by atoms with Crippen molar-refractivity contribution in [1.82, 2.24) is 5.32 Å². The van der Waals surface area contributed by atoms with Gasteiger partial charge in [0.2, 0.25) is 0 Å². The van der Waals surface area contributed by atoms with Crippen LogP contribution in [0.1, 0.15) is 50.5 Å². The fourth-order valence-electron chi connectivity index (χ4n) is 2.93. The van der Waals surface area contributed by atoms with Gasteiger partial charge < -0.3 is 10.1 Å². The standard InChI is InChI=1S/C17H26BrNO/c1-2-19-13-15(14-6-3-8-16(18)12-14)7-4-9-17-10-5-11-20-17/h3,6,8,12,15,17,19H,2,4-5,7,9-11,13H2,1H3. The van der Waals surface area contributed by atoms with Gasteiger partial charge in [0.05, 0.1) is 6.10 Å². The molecular weight excluding hydrogens is 314 g/mol. The molecule has 3 heteroatoms. The molecule has 1 aliphatic heterocycles. The lowest BCUT2D eigenvalue weighted by Gasteiger charge is -2.19. The summed E-state index contributed by atoms with van der Waals surface area (Å²) < 4.78 is 6.89. The number of nitrogens with one attached hydrogen (secondary N) is 1. The monoisotopic (exact) mass is 339 g/mol. The summed E-state index contributed by atoms with van der Waals surface area (Å²) in [5, 5.41) is 3.50. The predicted octanol–water partition coefficient (Wildman–Crippen LogP) is 4.49. The van der Waals surface area contributed by atoms with Gasteiger partial charge >= 0.3 is 0 Å². The summed E-state index contributed by atoms with van der Waals surface area (Å²) in [7, 11) is 0. The van der Waals surface area contributed by atoms with Gasteiger partial charge in [0, 0.05) is 17.6 Å². The van der Waals surface area contributed by atoms with Gasteiger partial charge in [-0.2, -0.15) is 0 Å². The maximum Gasteiger partial charge on any atom is 0.0576 e. The van der Waals surface area contributed by atoms with Crippen molar-refractivity contribution in [2.75, 3.05) is 19.7 Å². The number of halogens is 1. The molecule has 0 spiro atoms. The smallest absolute Gasteiger partial charge is 0.0576 e. The van der Waals surface area contributed by atoms with Gasteiger partial charge in [-0.25, -0.2) is 0 Å². The summed E-state index contributed by atoms with van der Waals surface area (Å²) >= 11 is 3.58. The van der Waals surface area contributed by atoms with E-state index in [2.05, 4.69) is 52.4 Å². The minimum absolute atomic E-state index is 0.525. The molecule has 0 amide bonds. The van der Waals surface area contributed by atoms with E-state index >= 15 is 0 Å². The van der Waals surface area contributed by atoms with Crippen molar-refractivity contribution in [3.8, 4) is 0 Å². The molecule has 0 aliphatic carbocycles. The van der Waals surface area contributed by atoms with Crippen LogP contribution in [0, 0.1) is 0 Å². The first-order chi connectivity index (χ1) is 9.79. The first kappa shape index (κ1) is 16.0. The van der Waals surface area contributed by atoms with Gasteiger partial charge in [0.1, 0.15) is 0 Å². The number of likely N-dealkylation sites (N-methyl/N-ethyl adjacent to an activating group) is 1. The Morgan fingerprint density at radius 2 is 2.35 bits per heavy atom. The molecule has 2 atom stereocenters. The van der Waals surface area contributed by atoms with Gasteiger partial charge in [-0.1, -0.05) is 41.4 Å². The summed E-state index contributed by atoms with van der Waals surface area (Å²) in [5.74, 6) is 0.605. The Morgan fingerprint density at radius 1 is 1.45 bits per heavy atom. The minimum atomic E-state index is 0.525. The highest BCUT2D eigenvalue weighted by Gasteiger charge is 2.17. The van der Waals surface area contributed by atoms with Crippen molar-refractivity contribution in [3.05, 3.63) is 34.3 Å². The molecule has 1 heterocycles. The fraction of sp³-hybridized carbons (Fsp3) is 0.647. The molecule has 1 N–H and O–H groups in total. The van der Waals surface area contributed by atoms with Crippen molar-refractivity contribution in [1.29, 1.82) is 0 Å². The number of ether oxygens (including phenoxy) is 1. The van der Waals surface area contributed by atoms with Gasteiger partial charge in [0.15, 0.2) is 0 Å². The number of benzene rings is 1. The maximum atomic E-state index is 5.72. The molecule has 1 saturated heterocycles. The third-order valence-electron chi connectivity index (χ3n) is 4.06. The van der Waals surface area contributed by atoms with E-state index in [4.69, 9.17) is 4.74 Å². The van der Waals surface area contributed by atoms with Crippen molar-refractivity contribution < 1.29 is 4.74 Å². The van der Waals surface area contributed by atoms with E-state index in [-0.39, 0.29) is 0 Å². The lowest BCUT2D eigenvalue weighted by atomic mass is 9.92. The molecule has 1 aromatic carbocycles. The van der Waals surface area contributed by atoms with Crippen molar-refractivity contribution >= 4 is 15.9 Å². The third-order valence-corrected chi connectivity index (χ3v) is 4.56.